The lowest BCUT2D eigenvalue weighted by atomic mass is 10.0. The van der Waals surface area contributed by atoms with Gasteiger partial charge in [-0.2, -0.15) is 0 Å². The quantitative estimate of drug-likeness (QED) is 0.663. The summed E-state index contributed by atoms with van der Waals surface area (Å²) in [5.74, 6) is -0.103. The van der Waals surface area contributed by atoms with Crippen molar-refractivity contribution in [2.45, 2.75) is 19.3 Å². The summed E-state index contributed by atoms with van der Waals surface area (Å²) < 4.78 is 4.72. The standard InChI is InChI=1S/C16H16N2O2/c1-20-16(19)10-9-12-6-4-8-14(12)15-7-3-2-5-13(15)11-18-17/h2-3,5,7,9-11H,4,6,8H2,1H3/p+1/b12-9+,13-11+,15-14-,16-10+. The van der Waals surface area contributed by atoms with E-state index in [0.29, 0.717) is 0 Å². The summed E-state index contributed by atoms with van der Waals surface area (Å²) >= 11 is 0. The van der Waals surface area contributed by atoms with Crippen LogP contribution in [0.3, 0.4) is 0 Å². The second-order valence-electron chi connectivity index (χ2n) is 4.56. The van der Waals surface area contributed by atoms with Crippen molar-refractivity contribution in [3.05, 3.63) is 63.3 Å². The van der Waals surface area contributed by atoms with Gasteiger partial charge in [-0.3, -0.25) is 0 Å². The molecule has 0 bridgehead atoms. The van der Waals surface area contributed by atoms with Crippen LogP contribution in [0, 0.1) is 5.39 Å². The van der Waals surface area contributed by atoms with E-state index in [1.165, 1.54) is 24.5 Å². The first-order valence-electron chi connectivity index (χ1n) is 6.53. The molecule has 0 saturated heterocycles. The Bertz CT molecular complexity index is 709. The Balaban J connectivity index is 2.59. The summed E-state index contributed by atoms with van der Waals surface area (Å²) in [5.41, 5.74) is 2.40. The lowest BCUT2D eigenvalue weighted by Gasteiger charge is -2.00. The van der Waals surface area contributed by atoms with Gasteiger partial charge in [-0.25, -0.2) is 0 Å². The van der Waals surface area contributed by atoms with Crippen LogP contribution in [0.5, 0.6) is 0 Å². The smallest absolute Gasteiger partial charge is 0.358 e. The highest BCUT2D eigenvalue weighted by Gasteiger charge is 2.14. The first kappa shape index (κ1) is 13.9. The van der Waals surface area contributed by atoms with E-state index in [-0.39, 0.29) is 5.95 Å². The van der Waals surface area contributed by atoms with Crippen molar-refractivity contribution in [3.8, 4) is 0 Å². The number of rotatable bonds is 2. The summed E-state index contributed by atoms with van der Waals surface area (Å²) in [7, 11) is 1.43. The van der Waals surface area contributed by atoms with Crippen LogP contribution in [0.1, 0.15) is 19.3 Å². The molecule has 1 saturated carbocycles. The molecule has 0 spiro atoms. The van der Waals surface area contributed by atoms with Crippen LogP contribution < -0.4 is 10.4 Å². The lowest BCUT2D eigenvalue weighted by Crippen LogP contribution is -2.25. The summed E-state index contributed by atoms with van der Waals surface area (Å²) in [6, 6.07) is 7.82. The van der Waals surface area contributed by atoms with Crippen LogP contribution in [-0.2, 0) is 4.74 Å². The molecule has 0 heterocycles. The molecule has 0 amide bonds. The number of aliphatic hydroxyl groups excluding tert-OH is 1. The molecule has 102 valence electrons. The molecule has 0 radical (unpaired) electrons. The number of allylic oxidation sites excluding steroid dienone is 3. The average Bonchev–Trinajstić information content (AvgIpc) is 2.94. The molecule has 0 atom stereocenters. The van der Waals surface area contributed by atoms with Gasteiger partial charge in [0.25, 0.3) is 5.95 Å². The SMILES string of the molecule is CO/C(O)=C/C=C1\CCC\C1=c1/cccc/c1=C\[N+]#N. The van der Waals surface area contributed by atoms with Crippen molar-refractivity contribution in [2.24, 2.45) is 0 Å². The molecule has 1 aliphatic rings. The zero-order valence-corrected chi connectivity index (χ0v) is 11.4. The number of benzene rings is 1. The Hall–Kier alpha value is -2.54. The molecular weight excluding hydrogens is 252 g/mol. The molecule has 4 nitrogen and oxygen atoms in total. The fourth-order valence-corrected chi connectivity index (χ4v) is 2.45. The zero-order valence-electron chi connectivity index (χ0n) is 11.4. The number of aliphatic hydroxyl groups is 1. The van der Waals surface area contributed by atoms with E-state index in [9.17, 15) is 5.11 Å². The van der Waals surface area contributed by atoms with Crippen LogP contribution in [0.2, 0.25) is 0 Å². The number of methoxy groups -OCH3 is 1. The van der Waals surface area contributed by atoms with Gasteiger partial charge in [0.2, 0.25) is 5.39 Å². The Morgan fingerprint density at radius 3 is 2.90 bits per heavy atom. The van der Waals surface area contributed by atoms with E-state index in [2.05, 4.69) is 4.98 Å². The third-order valence-electron chi connectivity index (χ3n) is 3.38. The monoisotopic (exact) mass is 269 g/mol. The van der Waals surface area contributed by atoms with Crippen molar-refractivity contribution < 1.29 is 9.84 Å². The van der Waals surface area contributed by atoms with E-state index in [1.807, 2.05) is 30.3 Å². The molecule has 0 aliphatic heterocycles. The molecule has 4 heteroatoms. The molecule has 0 aromatic heterocycles. The van der Waals surface area contributed by atoms with Crippen LogP contribution in [0.15, 0.2) is 47.9 Å². The zero-order chi connectivity index (χ0) is 14.4. The van der Waals surface area contributed by atoms with Gasteiger partial charge in [0, 0.05) is 6.08 Å². The molecule has 0 unspecified atom stereocenters. The highest BCUT2D eigenvalue weighted by molar-refractivity contribution is 5.67. The van der Waals surface area contributed by atoms with Crippen LogP contribution in [0.25, 0.3) is 16.7 Å². The van der Waals surface area contributed by atoms with Crippen LogP contribution in [-0.4, -0.2) is 12.2 Å². The molecular formula is C16H17N2O2+. The highest BCUT2D eigenvalue weighted by Crippen LogP contribution is 2.30. The maximum absolute atomic E-state index is 9.34. The van der Waals surface area contributed by atoms with Gasteiger partial charge in [0.15, 0.2) is 4.98 Å². The normalized spacial score (nSPS) is 21.1. The topological polar surface area (TPSA) is 57.6 Å². The fraction of sp³-hybridized carbons (Fsp3) is 0.250. The summed E-state index contributed by atoms with van der Waals surface area (Å²) in [5, 5.41) is 20.0. The Kier molecular flexibility index (Phi) is 4.56. The number of hydrogen-bond donors (Lipinski definition) is 1. The summed E-state index contributed by atoms with van der Waals surface area (Å²) in [6.07, 6.45) is 7.91. The lowest BCUT2D eigenvalue weighted by molar-refractivity contribution is 0.136. The molecule has 1 aromatic carbocycles. The first-order valence-corrected chi connectivity index (χ1v) is 6.53. The number of hydrogen-bond acceptors (Lipinski definition) is 3. The largest absolute Gasteiger partial charge is 0.481 e. The second-order valence-corrected chi connectivity index (χ2v) is 4.56. The summed E-state index contributed by atoms with van der Waals surface area (Å²) in [4.78, 5) is 3.12. The van der Waals surface area contributed by atoms with Crippen LogP contribution >= 0.6 is 0 Å². The predicted molar refractivity (Wildman–Crippen MR) is 78.3 cm³/mol. The fourth-order valence-electron chi connectivity index (χ4n) is 2.45. The minimum atomic E-state index is -0.103. The first-order chi connectivity index (χ1) is 9.76. The highest BCUT2D eigenvalue weighted by atomic mass is 16.6. The molecule has 2 rings (SSSR count). The van der Waals surface area contributed by atoms with Gasteiger partial charge in [0.05, 0.1) is 12.3 Å². The van der Waals surface area contributed by atoms with Gasteiger partial charge in [-0.1, -0.05) is 24.3 Å². The molecule has 20 heavy (non-hydrogen) atoms. The van der Waals surface area contributed by atoms with Gasteiger partial charge >= 0.3 is 6.20 Å². The van der Waals surface area contributed by atoms with E-state index in [0.717, 1.165) is 29.7 Å². The van der Waals surface area contributed by atoms with Gasteiger partial charge in [-0.15, -0.1) is 0 Å². The maximum Gasteiger partial charge on any atom is 0.358 e. The average molecular weight is 269 g/mol. The van der Waals surface area contributed by atoms with Gasteiger partial charge in [0.1, 0.15) is 0 Å². The van der Waals surface area contributed by atoms with Crippen molar-refractivity contribution in [3.63, 3.8) is 0 Å². The summed E-state index contributed by atoms with van der Waals surface area (Å²) in [6.45, 7) is 0. The molecule has 1 aliphatic carbocycles. The van der Waals surface area contributed by atoms with Crippen molar-refractivity contribution in [2.75, 3.05) is 7.11 Å². The Labute approximate surface area is 117 Å². The molecule has 1 N–H and O–H groups in total. The third kappa shape index (κ3) is 3.07. The Morgan fingerprint density at radius 2 is 2.15 bits per heavy atom. The van der Waals surface area contributed by atoms with E-state index in [1.54, 1.807) is 6.08 Å². The minimum absolute atomic E-state index is 0.103. The van der Waals surface area contributed by atoms with Crippen molar-refractivity contribution >= 4 is 11.8 Å². The van der Waals surface area contributed by atoms with Crippen LogP contribution in [0.4, 0.5) is 0 Å². The molecule has 1 aromatic rings. The van der Waals surface area contributed by atoms with Crippen molar-refractivity contribution in [1.29, 1.82) is 5.39 Å². The maximum atomic E-state index is 9.34. The Morgan fingerprint density at radius 1 is 1.35 bits per heavy atom. The third-order valence-corrected chi connectivity index (χ3v) is 3.38. The number of ether oxygens (including phenoxy) is 1. The van der Waals surface area contributed by atoms with E-state index in [4.69, 9.17) is 10.1 Å². The number of nitrogens with zero attached hydrogens (tertiary/aromatic N) is 2. The molecule has 1 fully saturated rings. The second kappa shape index (κ2) is 6.58. The van der Waals surface area contributed by atoms with Gasteiger partial charge in [-0.05, 0) is 41.7 Å². The van der Waals surface area contributed by atoms with E-state index < -0.39 is 0 Å². The predicted octanol–water partition coefficient (Wildman–Crippen LogP) is 2.58. The van der Waals surface area contributed by atoms with E-state index >= 15 is 0 Å². The number of diazo groups is 1. The minimum Gasteiger partial charge on any atom is -0.481 e. The van der Waals surface area contributed by atoms with Gasteiger partial charge < -0.3 is 9.84 Å². The van der Waals surface area contributed by atoms with Crippen molar-refractivity contribution in [1.82, 2.24) is 0 Å².